The Morgan fingerprint density at radius 2 is 2.06 bits per heavy atom. The number of ether oxygens (including phenoxy) is 1. The Labute approximate surface area is 203 Å². The van der Waals surface area contributed by atoms with E-state index in [1.807, 2.05) is 6.20 Å². The van der Waals surface area contributed by atoms with Crippen LogP contribution in [0, 0.1) is 0 Å². The number of rotatable bonds is 5. The number of piperidine rings is 2. The molecule has 0 radical (unpaired) electrons. The molecule has 0 amide bonds. The maximum absolute atomic E-state index is 6.11. The van der Waals surface area contributed by atoms with Crippen LogP contribution >= 0.6 is 11.3 Å². The van der Waals surface area contributed by atoms with Crippen LogP contribution in [0.1, 0.15) is 39.0 Å². The van der Waals surface area contributed by atoms with Gasteiger partial charge in [-0.25, -0.2) is 9.97 Å². The number of benzene rings is 1. The normalized spacial score (nSPS) is 21.1. The standard InChI is InChI=1S/C26H30N6OS/c1-17-5-2-3-10-32(17)26-31-24(16-34-26)18-7-8-22-20(11-18)21(13-29-22)23-14-28-15-25(30-23)33-19-6-4-9-27-12-19/h7-8,11,13-17,19,27,29H,2-6,9-10,12H2,1H3/t17-,19-/m1/s1. The summed E-state index contributed by atoms with van der Waals surface area (Å²) in [7, 11) is 0. The first-order valence-electron chi connectivity index (χ1n) is 12.3. The molecule has 3 aromatic heterocycles. The van der Waals surface area contributed by atoms with Gasteiger partial charge in [-0.3, -0.25) is 4.98 Å². The zero-order valence-electron chi connectivity index (χ0n) is 19.5. The van der Waals surface area contributed by atoms with Crippen molar-refractivity contribution in [2.45, 2.75) is 51.2 Å². The van der Waals surface area contributed by atoms with E-state index in [1.54, 1.807) is 23.7 Å². The van der Waals surface area contributed by atoms with Crippen LogP contribution in [-0.2, 0) is 0 Å². The summed E-state index contributed by atoms with van der Waals surface area (Å²) in [6, 6.07) is 7.03. The molecule has 0 spiro atoms. The van der Waals surface area contributed by atoms with Gasteiger partial charge in [0, 0.05) is 52.7 Å². The molecule has 1 aromatic carbocycles. The smallest absolute Gasteiger partial charge is 0.233 e. The highest BCUT2D eigenvalue weighted by Crippen LogP contribution is 2.35. The Morgan fingerprint density at radius 1 is 1.09 bits per heavy atom. The van der Waals surface area contributed by atoms with E-state index in [0.717, 1.165) is 71.0 Å². The zero-order chi connectivity index (χ0) is 22.9. The molecule has 2 atom stereocenters. The first-order valence-corrected chi connectivity index (χ1v) is 13.2. The van der Waals surface area contributed by atoms with Crippen molar-refractivity contribution < 1.29 is 4.74 Å². The van der Waals surface area contributed by atoms with E-state index in [4.69, 9.17) is 14.7 Å². The largest absolute Gasteiger partial charge is 0.472 e. The number of aromatic amines is 1. The molecule has 0 saturated carbocycles. The number of fused-ring (bicyclic) bond motifs is 1. The lowest BCUT2D eigenvalue weighted by Gasteiger charge is -2.33. The minimum absolute atomic E-state index is 0.148. The summed E-state index contributed by atoms with van der Waals surface area (Å²) in [4.78, 5) is 20.1. The van der Waals surface area contributed by atoms with Gasteiger partial charge in [-0.15, -0.1) is 11.3 Å². The third kappa shape index (κ3) is 4.28. The number of anilines is 1. The van der Waals surface area contributed by atoms with Crippen LogP contribution in [0.15, 0.2) is 42.2 Å². The van der Waals surface area contributed by atoms with Crippen molar-refractivity contribution in [3.63, 3.8) is 0 Å². The summed E-state index contributed by atoms with van der Waals surface area (Å²) in [6.45, 7) is 5.32. The summed E-state index contributed by atoms with van der Waals surface area (Å²) in [5.74, 6) is 0.580. The Kier molecular flexibility index (Phi) is 5.93. The van der Waals surface area contributed by atoms with Gasteiger partial charge in [-0.2, -0.15) is 0 Å². The number of hydrogen-bond acceptors (Lipinski definition) is 7. The van der Waals surface area contributed by atoms with Gasteiger partial charge < -0.3 is 19.9 Å². The summed E-state index contributed by atoms with van der Waals surface area (Å²) in [6.07, 6.45) is 11.6. The number of nitrogens with zero attached hydrogens (tertiary/aromatic N) is 4. The van der Waals surface area contributed by atoms with Crippen LogP contribution in [-0.4, -0.2) is 51.7 Å². The molecule has 5 heterocycles. The second kappa shape index (κ2) is 9.35. The summed E-state index contributed by atoms with van der Waals surface area (Å²) >= 11 is 1.74. The lowest BCUT2D eigenvalue weighted by Crippen LogP contribution is -2.37. The molecule has 2 N–H and O–H groups in total. The molecular weight excluding hydrogens is 444 g/mol. The van der Waals surface area contributed by atoms with Crippen molar-refractivity contribution in [1.82, 2.24) is 25.3 Å². The van der Waals surface area contributed by atoms with Crippen LogP contribution < -0.4 is 15.0 Å². The molecule has 34 heavy (non-hydrogen) atoms. The molecule has 0 unspecified atom stereocenters. The monoisotopic (exact) mass is 474 g/mol. The van der Waals surface area contributed by atoms with Gasteiger partial charge in [0.25, 0.3) is 0 Å². The van der Waals surface area contributed by atoms with Crippen LogP contribution in [0.4, 0.5) is 5.13 Å². The van der Waals surface area contributed by atoms with Crippen LogP contribution in [0.25, 0.3) is 33.4 Å². The minimum Gasteiger partial charge on any atom is -0.472 e. The third-order valence-electron chi connectivity index (χ3n) is 6.95. The van der Waals surface area contributed by atoms with E-state index in [-0.39, 0.29) is 6.10 Å². The predicted octanol–water partition coefficient (Wildman–Crippen LogP) is 5.26. The second-order valence-electron chi connectivity index (χ2n) is 9.34. The maximum Gasteiger partial charge on any atom is 0.233 e. The molecule has 4 aromatic rings. The molecule has 0 bridgehead atoms. The Balaban J connectivity index is 1.29. The number of thiazole rings is 1. The van der Waals surface area contributed by atoms with E-state index in [1.165, 1.54) is 19.3 Å². The fourth-order valence-electron chi connectivity index (χ4n) is 5.03. The Hall–Kier alpha value is -2.97. The zero-order valence-corrected chi connectivity index (χ0v) is 20.3. The average Bonchev–Trinajstić information content (AvgIpc) is 3.52. The fraction of sp³-hybridized carbons (Fsp3) is 0.423. The molecule has 0 aliphatic carbocycles. The van der Waals surface area contributed by atoms with Crippen molar-refractivity contribution in [3.8, 4) is 28.4 Å². The lowest BCUT2D eigenvalue weighted by molar-refractivity contribution is 0.160. The van der Waals surface area contributed by atoms with Gasteiger partial charge in [-0.05, 0) is 57.7 Å². The fourth-order valence-corrected chi connectivity index (χ4v) is 5.99. The van der Waals surface area contributed by atoms with Gasteiger partial charge >= 0.3 is 0 Å². The van der Waals surface area contributed by atoms with Gasteiger partial charge in [0.1, 0.15) is 6.10 Å². The van der Waals surface area contributed by atoms with E-state index in [0.29, 0.717) is 11.9 Å². The number of hydrogen-bond donors (Lipinski definition) is 2. The molecular formula is C26H30N6OS. The molecule has 6 rings (SSSR count). The summed E-state index contributed by atoms with van der Waals surface area (Å²) < 4.78 is 6.11. The van der Waals surface area contributed by atoms with Gasteiger partial charge in [0.15, 0.2) is 5.13 Å². The summed E-state index contributed by atoms with van der Waals surface area (Å²) in [5, 5.41) is 7.80. The van der Waals surface area contributed by atoms with Crippen molar-refractivity contribution in [1.29, 1.82) is 0 Å². The van der Waals surface area contributed by atoms with Crippen molar-refractivity contribution in [2.24, 2.45) is 0 Å². The molecule has 2 fully saturated rings. The van der Waals surface area contributed by atoms with Crippen LogP contribution in [0.2, 0.25) is 0 Å². The first-order chi connectivity index (χ1) is 16.7. The molecule has 7 nitrogen and oxygen atoms in total. The van der Waals surface area contributed by atoms with Crippen molar-refractivity contribution in [2.75, 3.05) is 24.5 Å². The van der Waals surface area contributed by atoms with Crippen molar-refractivity contribution in [3.05, 3.63) is 42.2 Å². The topological polar surface area (TPSA) is 79.0 Å². The van der Waals surface area contributed by atoms with E-state index >= 15 is 0 Å². The average molecular weight is 475 g/mol. The number of H-pyrrole nitrogens is 1. The quantitative estimate of drug-likeness (QED) is 0.411. The summed E-state index contributed by atoms with van der Waals surface area (Å²) in [5.41, 5.74) is 5.06. The molecule has 2 aliphatic rings. The number of aromatic nitrogens is 4. The Morgan fingerprint density at radius 3 is 2.94 bits per heavy atom. The predicted molar refractivity (Wildman–Crippen MR) is 138 cm³/mol. The Bertz CT molecular complexity index is 1280. The van der Waals surface area contributed by atoms with E-state index < -0.39 is 0 Å². The third-order valence-corrected chi connectivity index (χ3v) is 7.82. The van der Waals surface area contributed by atoms with Gasteiger partial charge in [-0.1, -0.05) is 6.07 Å². The highest BCUT2D eigenvalue weighted by molar-refractivity contribution is 7.14. The highest BCUT2D eigenvalue weighted by atomic mass is 32.1. The number of nitrogens with one attached hydrogen (secondary N) is 2. The van der Waals surface area contributed by atoms with Crippen LogP contribution in [0.5, 0.6) is 5.88 Å². The maximum atomic E-state index is 6.11. The van der Waals surface area contributed by atoms with Gasteiger partial charge in [0.2, 0.25) is 5.88 Å². The SMILES string of the molecule is C[C@@H]1CCCCN1c1nc(-c2ccc3[nH]cc(-c4cncc(O[C@@H]5CCCNC5)n4)c3c2)cs1. The minimum atomic E-state index is 0.148. The second-order valence-corrected chi connectivity index (χ2v) is 10.2. The molecule has 2 aliphatic heterocycles. The highest BCUT2D eigenvalue weighted by Gasteiger charge is 2.22. The molecule has 176 valence electrons. The molecule has 8 heteroatoms. The van der Waals surface area contributed by atoms with E-state index in [2.05, 4.69) is 50.7 Å². The molecule has 2 saturated heterocycles. The van der Waals surface area contributed by atoms with E-state index in [9.17, 15) is 0 Å². The van der Waals surface area contributed by atoms with Crippen molar-refractivity contribution >= 4 is 27.4 Å². The van der Waals surface area contributed by atoms with Gasteiger partial charge in [0.05, 0.1) is 23.8 Å². The lowest BCUT2D eigenvalue weighted by atomic mass is 10.0. The van der Waals surface area contributed by atoms with Crippen LogP contribution in [0.3, 0.4) is 0 Å². The first kappa shape index (κ1) is 21.6.